The largest absolute Gasteiger partial charge is 0.493 e. The molecule has 0 saturated carbocycles. The van der Waals surface area contributed by atoms with E-state index in [1.165, 1.54) is 6.21 Å². The third kappa shape index (κ3) is 5.34. The lowest BCUT2D eigenvalue weighted by Gasteiger charge is -2.07. The van der Waals surface area contributed by atoms with E-state index in [2.05, 4.69) is 31.4 Å². The molecule has 1 aromatic carbocycles. The highest BCUT2D eigenvalue weighted by Crippen LogP contribution is 2.24. The minimum absolute atomic E-state index is 0.249. The number of nitrogens with zero attached hydrogens (tertiary/aromatic N) is 2. The van der Waals surface area contributed by atoms with Gasteiger partial charge in [-0.05, 0) is 24.6 Å². The van der Waals surface area contributed by atoms with E-state index in [-0.39, 0.29) is 17.5 Å². The first-order valence-electron chi connectivity index (χ1n) is 7.22. The molecule has 0 bridgehead atoms. The molecule has 1 aliphatic rings. The summed E-state index contributed by atoms with van der Waals surface area (Å²) in [5.41, 5.74) is 0.757. The predicted octanol–water partition coefficient (Wildman–Crippen LogP) is 2.63. The van der Waals surface area contributed by atoms with Crippen LogP contribution >= 0.6 is 27.7 Å². The highest BCUT2D eigenvalue weighted by molar-refractivity contribution is 9.10. The Labute approximate surface area is 151 Å². The summed E-state index contributed by atoms with van der Waals surface area (Å²) in [6.45, 7) is 2.61. The van der Waals surface area contributed by atoms with Crippen molar-refractivity contribution in [1.29, 1.82) is 0 Å². The first-order valence-corrected chi connectivity index (χ1v) is 8.89. The number of benzene rings is 1. The number of carbonyl (C=O) groups is 2. The van der Waals surface area contributed by atoms with Gasteiger partial charge >= 0.3 is 5.97 Å². The molecule has 1 aliphatic heterocycles. The fourth-order valence-electron chi connectivity index (χ4n) is 1.84. The number of amides is 1. The highest BCUT2D eigenvalue weighted by Gasteiger charge is 2.32. The van der Waals surface area contributed by atoms with Crippen molar-refractivity contribution in [2.24, 2.45) is 10.2 Å². The fraction of sp³-hybridized carbons (Fsp3) is 0.333. The molecule has 1 fully saturated rings. The molecule has 2 rings (SSSR count). The summed E-state index contributed by atoms with van der Waals surface area (Å²) in [5.74, 6) is -0.714. The van der Waals surface area contributed by atoms with Crippen LogP contribution in [0.3, 0.4) is 0 Å². The Kier molecular flexibility index (Phi) is 6.80. The number of thioether (sulfide) groups is 1. The summed E-state index contributed by atoms with van der Waals surface area (Å²) in [6.07, 6.45) is 2.17. The van der Waals surface area contributed by atoms with Gasteiger partial charge < -0.3 is 15.2 Å². The number of carboxylic acids is 1. The molecule has 0 aromatic heterocycles. The number of hydrogen-bond donors (Lipinski definition) is 2. The Balaban J connectivity index is 2.06. The number of aliphatic carboxylic acids is 1. The van der Waals surface area contributed by atoms with Crippen LogP contribution in [0.15, 0.2) is 32.9 Å². The molecule has 1 heterocycles. The molecule has 1 amide bonds. The zero-order chi connectivity index (χ0) is 17.5. The van der Waals surface area contributed by atoms with Gasteiger partial charge in [-0.1, -0.05) is 34.6 Å². The number of nitrogens with one attached hydrogen (secondary N) is 1. The minimum Gasteiger partial charge on any atom is -0.493 e. The summed E-state index contributed by atoms with van der Waals surface area (Å²) in [6, 6.07) is 5.55. The van der Waals surface area contributed by atoms with Crippen molar-refractivity contribution >= 4 is 51.0 Å². The van der Waals surface area contributed by atoms with E-state index in [9.17, 15) is 9.59 Å². The number of ether oxygens (including phenoxy) is 1. The van der Waals surface area contributed by atoms with Crippen LogP contribution in [0.25, 0.3) is 0 Å². The quantitative estimate of drug-likeness (QED) is 0.528. The summed E-state index contributed by atoms with van der Waals surface area (Å²) >= 11 is 4.45. The van der Waals surface area contributed by atoms with Crippen molar-refractivity contribution < 1.29 is 19.4 Å². The number of hydrogen-bond acceptors (Lipinski definition) is 6. The summed E-state index contributed by atoms with van der Waals surface area (Å²) in [5, 5.41) is 18.8. The average Bonchev–Trinajstić information content (AvgIpc) is 2.86. The maximum atomic E-state index is 11.6. The molecule has 0 radical (unpaired) electrons. The molecular weight excluding hydrogens is 398 g/mol. The average molecular weight is 414 g/mol. The summed E-state index contributed by atoms with van der Waals surface area (Å²) in [7, 11) is 0. The van der Waals surface area contributed by atoms with Crippen molar-refractivity contribution in [3.05, 3.63) is 28.2 Å². The third-order valence-corrected chi connectivity index (χ3v) is 4.48. The van der Waals surface area contributed by atoms with Crippen LogP contribution in [0.5, 0.6) is 5.75 Å². The molecule has 1 saturated heterocycles. The fourth-order valence-corrected chi connectivity index (χ4v) is 3.10. The summed E-state index contributed by atoms with van der Waals surface area (Å²) in [4.78, 5) is 22.3. The van der Waals surface area contributed by atoms with Crippen LogP contribution in [0.1, 0.15) is 25.3 Å². The Morgan fingerprint density at radius 2 is 2.33 bits per heavy atom. The Bertz CT molecular complexity index is 693. The molecule has 1 unspecified atom stereocenters. The maximum Gasteiger partial charge on any atom is 0.305 e. The van der Waals surface area contributed by atoms with Gasteiger partial charge in [-0.15, -0.1) is 5.10 Å². The number of carboxylic acid groups (broad SMARTS) is 1. The monoisotopic (exact) mass is 413 g/mol. The molecular formula is C15H16BrN3O4S. The van der Waals surface area contributed by atoms with Crippen molar-refractivity contribution in [1.82, 2.24) is 5.32 Å². The van der Waals surface area contributed by atoms with E-state index in [4.69, 9.17) is 9.84 Å². The number of carbonyl (C=O) groups excluding carboxylic acids is 1. The highest BCUT2D eigenvalue weighted by atomic mass is 79.9. The van der Waals surface area contributed by atoms with Gasteiger partial charge in [0.05, 0.1) is 19.2 Å². The van der Waals surface area contributed by atoms with Gasteiger partial charge in [0.1, 0.15) is 11.0 Å². The molecule has 1 aromatic rings. The van der Waals surface area contributed by atoms with E-state index in [0.717, 1.165) is 28.2 Å². The van der Waals surface area contributed by atoms with Gasteiger partial charge in [0, 0.05) is 10.0 Å². The second kappa shape index (κ2) is 8.84. The van der Waals surface area contributed by atoms with Gasteiger partial charge in [-0.2, -0.15) is 5.10 Å². The van der Waals surface area contributed by atoms with Crippen molar-refractivity contribution in [2.45, 2.75) is 25.0 Å². The molecule has 0 aliphatic carbocycles. The smallest absolute Gasteiger partial charge is 0.305 e. The van der Waals surface area contributed by atoms with E-state index in [0.29, 0.717) is 12.4 Å². The molecule has 2 N–H and O–H groups in total. The van der Waals surface area contributed by atoms with E-state index >= 15 is 0 Å². The van der Waals surface area contributed by atoms with Gasteiger partial charge in [0.25, 0.3) is 0 Å². The van der Waals surface area contributed by atoms with E-state index < -0.39 is 11.2 Å². The predicted molar refractivity (Wildman–Crippen MR) is 96.7 cm³/mol. The molecule has 128 valence electrons. The lowest BCUT2D eigenvalue weighted by molar-refractivity contribution is -0.138. The van der Waals surface area contributed by atoms with Crippen molar-refractivity contribution in [2.75, 3.05) is 6.61 Å². The number of rotatable bonds is 7. The van der Waals surface area contributed by atoms with Gasteiger partial charge in [-0.3, -0.25) is 9.59 Å². The van der Waals surface area contributed by atoms with Crippen molar-refractivity contribution in [3.8, 4) is 5.75 Å². The third-order valence-electron chi connectivity index (χ3n) is 2.92. The van der Waals surface area contributed by atoms with Gasteiger partial charge in [0.15, 0.2) is 5.17 Å². The number of halogens is 1. The Morgan fingerprint density at radius 1 is 1.54 bits per heavy atom. The Morgan fingerprint density at radius 3 is 3.04 bits per heavy atom. The SMILES string of the molecule is CCCOc1cc(Br)ccc1C=NN=C1NC(=O)C(CC(=O)O)S1. The zero-order valence-electron chi connectivity index (χ0n) is 12.9. The zero-order valence-corrected chi connectivity index (χ0v) is 15.3. The molecule has 24 heavy (non-hydrogen) atoms. The molecule has 7 nitrogen and oxygen atoms in total. The second-order valence-corrected chi connectivity index (χ2v) is 6.98. The van der Waals surface area contributed by atoms with Crippen LogP contribution in [-0.2, 0) is 9.59 Å². The van der Waals surface area contributed by atoms with Crippen molar-refractivity contribution in [3.63, 3.8) is 0 Å². The standard InChI is InChI=1S/C15H16BrN3O4S/c1-2-5-23-11-6-10(16)4-3-9(11)8-17-19-15-18-14(22)12(24-15)7-13(20)21/h3-4,6,8,12H,2,5,7H2,1H3,(H,20,21)(H,18,19,22). The normalized spacial score (nSPS) is 19.0. The van der Waals surface area contributed by atoms with E-state index in [1.54, 1.807) is 0 Å². The molecule has 0 spiro atoms. The first kappa shape index (κ1) is 18.5. The Hall–Kier alpha value is -1.87. The van der Waals surface area contributed by atoms with Crippen LogP contribution in [0.2, 0.25) is 0 Å². The van der Waals surface area contributed by atoms with Gasteiger partial charge in [0.2, 0.25) is 5.91 Å². The number of amidine groups is 1. The topological polar surface area (TPSA) is 100 Å². The molecule has 1 atom stereocenters. The first-order chi connectivity index (χ1) is 11.5. The van der Waals surface area contributed by atoms with Crippen LogP contribution in [-0.4, -0.2) is 40.2 Å². The minimum atomic E-state index is -1.03. The van der Waals surface area contributed by atoms with Crippen LogP contribution < -0.4 is 10.1 Å². The lowest BCUT2D eigenvalue weighted by atomic mass is 10.2. The van der Waals surface area contributed by atoms with Gasteiger partial charge in [-0.25, -0.2) is 0 Å². The summed E-state index contributed by atoms with van der Waals surface area (Å²) < 4.78 is 6.55. The second-order valence-electron chi connectivity index (χ2n) is 4.87. The van der Waals surface area contributed by atoms with Crippen LogP contribution in [0, 0.1) is 0 Å². The van der Waals surface area contributed by atoms with E-state index in [1.807, 2.05) is 25.1 Å². The maximum absolute atomic E-state index is 11.6. The van der Waals surface area contributed by atoms with Crippen LogP contribution in [0.4, 0.5) is 0 Å². The molecule has 9 heteroatoms. The lowest BCUT2D eigenvalue weighted by Crippen LogP contribution is -2.26.